The van der Waals surface area contributed by atoms with Crippen molar-refractivity contribution in [2.24, 2.45) is 0 Å². The normalized spacial score (nSPS) is 10.3. The van der Waals surface area contributed by atoms with Crippen molar-refractivity contribution in [3.8, 4) is 0 Å². The second kappa shape index (κ2) is 3.13. The number of hydrogen-bond acceptors (Lipinski definition) is 1. The van der Waals surface area contributed by atoms with Gasteiger partial charge in [0.2, 0.25) is 0 Å². The van der Waals surface area contributed by atoms with Crippen LogP contribution in [0.5, 0.6) is 0 Å². The Hall–Kier alpha value is -0.0500. The summed E-state index contributed by atoms with van der Waals surface area (Å²) in [5, 5.41) is -0.382. The molecule has 0 atom stereocenters. The summed E-state index contributed by atoms with van der Waals surface area (Å²) in [5.74, 6) is -0.717. The van der Waals surface area contributed by atoms with E-state index >= 15 is 0 Å². The summed E-state index contributed by atoms with van der Waals surface area (Å²) in [5.41, 5.74) is 0.332. The molecule has 0 aliphatic carbocycles. The Kier molecular flexibility index (Phi) is 2.58. The average Bonchev–Trinajstić information content (AvgIpc) is 1.97. The highest BCUT2D eigenvalue weighted by Crippen LogP contribution is 2.29. The van der Waals surface area contributed by atoms with Gasteiger partial charge in [0.25, 0.3) is 0 Å². The Morgan fingerprint density at radius 2 is 1.73 bits per heavy atom. The van der Waals surface area contributed by atoms with Gasteiger partial charge in [0, 0.05) is 0 Å². The Bertz CT molecular complexity index is 274. The van der Waals surface area contributed by atoms with Gasteiger partial charge in [-0.15, -0.1) is 0 Å². The lowest BCUT2D eigenvalue weighted by molar-refractivity contribution is 0.625. The molecule has 1 aromatic heterocycles. The minimum absolute atomic E-state index is 0.0638. The molecule has 5 heteroatoms. The van der Waals surface area contributed by atoms with E-state index in [0.717, 1.165) is 0 Å². The number of pyridine rings is 1. The van der Waals surface area contributed by atoms with Crippen LogP contribution >= 0.6 is 34.8 Å². The zero-order chi connectivity index (χ0) is 8.59. The summed E-state index contributed by atoms with van der Waals surface area (Å²) < 4.78 is 12.9. The molecule has 0 spiro atoms. The molecule has 1 rings (SSSR count). The summed E-state index contributed by atoms with van der Waals surface area (Å²) in [6, 6.07) is 0. The molecule has 0 unspecified atom stereocenters. The maximum absolute atomic E-state index is 12.9. The van der Waals surface area contributed by atoms with Gasteiger partial charge in [-0.25, -0.2) is 9.37 Å². The van der Waals surface area contributed by atoms with Gasteiger partial charge in [-0.2, -0.15) is 0 Å². The minimum atomic E-state index is -0.717. The van der Waals surface area contributed by atoms with E-state index in [9.17, 15) is 4.39 Å². The number of halogens is 4. The van der Waals surface area contributed by atoms with Crippen LogP contribution in [0.2, 0.25) is 15.2 Å². The molecule has 0 aromatic carbocycles. The molecule has 60 valence electrons. The largest absolute Gasteiger partial charge is 0.238 e. The highest BCUT2D eigenvalue weighted by atomic mass is 35.5. The third-order valence-corrected chi connectivity index (χ3v) is 2.30. The molecule has 11 heavy (non-hydrogen) atoms. The first kappa shape index (κ1) is 9.04. The fourth-order valence-electron chi connectivity index (χ4n) is 0.591. The second-order valence-electron chi connectivity index (χ2n) is 1.93. The lowest BCUT2D eigenvalue weighted by Crippen LogP contribution is -1.90. The van der Waals surface area contributed by atoms with E-state index in [1.807, 2.05) is 0 Å². The Morgan fingerprint density at radius 3 is 2.27 bits per heavy atom. The van der Waals surface area contributed by atoms with Crippen LogP contribution in [0.15, 0.2) is 0 Å². The monoisotopic (exact) mass is 213 g/mol. The molecule has 0 radical (unpaired) electrons. The van der Waals surface area contributed by atoms with Crippen molar-refractivity contribution in [2.75, 3.05) is 0 Å². The maximum atomic E-state index is 12.9. The van der Waals surface area contributed by atoms with E-state index in [4.69, 9.17) is 34.8 Å². The van der Waals surface area contributed by atoms with Gasteiger partial charge in [0.05, 0.1) is 10.7 Å². The third-order valence-electron chi connectivity index (χ3n) is 1.15. The molecule has 1 heterocycles. The summed E-state index contributed by atoms with van der Waals surface area (Å²) in [4.78, 5) is 3.70. The van der Waals surface area contributed by atoms with Crippen LogP contribution in [0.3, 0.4) is 0 Å². The van der Waals surface area contributed by atoms with Crippen molar-refractivity contribution in [2.45, 2.75) is 6.92 Å². The lowest BCUT2D eigenvalue weighted by Gasteiger charge is -2.01. The molecule has 0 bridgehead atoms. The number of aromatic nitrogens is 1. The van der Waals surface area contributed by atoms with Crippen LogP contribution in [-0.4, -0.2) is 4.98 Å². The SMILES string of the molecule is Cc1nc(Cl)c(Cl)c(F)c1Cl. The van der Waals surface area contributed by atoms with Crippen LogP contribution in [-0.2, 0) is 0 Å². The molecule has 0 fully saturated rings. The molecule has 0 aliphatic rings. The van der Waals surface area contributed by atoms with E-state index < -0.39 is 5.82 Å². The molecule has 1 nitrogen and oxygen atoms in total. The number of rotatable bonds is 0. The van der Waals surface area contributed by atoms with E-state index in [2.05, 4.69) is 4.98 Å². The molecule has 1 aromatic rings. The topological polar surface area (TPSA) is 12.9 Å². The Morgan fingerprint density at radius 1 is 1.18 bits per heavy atom. The van der Waals surface area contributed by atoms with Crippen LogP contribution in [0.1, 0.15) is 5.69 Å². The van der Waals surface area contributed by atoms with Crippen molar-refractivity contribution >= 4 is 34.8 Å². The Labute approximate surface area is 78.1 Å². The first-order valence-electron chi connectivity index (χ1n) is 2.70. The molecule has 0 aliphatic heterocycles. The van der Waals surface area contributed by atoms with Crippen molar-refractivity contribution in [3.05, 3.63) is 26.7 Å². The first-order valence-corrected chi connectivity index (χ1v) is 3.84. The summed E-state index contributed by atoms with van der Waals surface area (Å²) in [7, 11) is 0. The highest BCUT2D eigenvalue weighted by Gasteiger charge is 2.12. The quantitative estimate of drug-likeness (QED) is 0.603. The van der Waals surface area contributed by atoms with Gasteiger partial charge in [-0.3, -0.25) is 0 Å². The standard InChI is InChI=1S/C6H3Cl3FN/c1-2-3(7)5(10)4(8)6(9)11-2/h1H3. The predicted molar refractivity (Wildman–Crippen MR) is 44.0 cm³/mol. The molecule has 0 amide bonds. The van der Waals surface area contributed by atoms with E-state index in [0.29, 0.717) is 5.69 Å². The fourth-order valence-corrected chi connectivity index (χ4v) is 1.12. The van der Waals surface area contributed by atoms with Gasteiger partial charge in [-0.05, 0) is 6.92 Å². The van der Waals surface area contributed by atoms with Crippen LogP contribution in [0.25, 0.3) is 0 Å². The number of aryl methyl sites for hydroxylation is 1. The smallest absolute Gasteiger partial charge is 0.165 e. The summed E-state index contributed by atoms with van der Waals surface area (Å²) >= 11 is 16.3. The molecule has 0 N–H and O–H groups in total. The molecule has 0 saturated carbocycles. The highest BCUT2D eigenvalue weighted by molar-refractivity contribution is 6.42. The van der Waals surface area contributed by atoms with Crippen LogP contribution in [0, 0.1) is 12.7 Å². The molecule has 0 saturated heterocycles. The minimum Gasteiger partial charge on any atom is -0.238 e. The predicted octanol–water partition coefficient (Wildman–Crippen LogP) is 3.49. The van der Waals surface area contributed by atoms with Crippen LogP contribution in [0.4, 0.5) is 4.39 Å². The Balaban J connectivity index is 3.46. The van der Waals surface area contributed by atoms with E-state index in [-0.39, 0.29) is 15.2 Å². The van der Waals surface area contributed by atoms with Crippen molar-refractivity contribution in [1.82, 2.24) is 4.98 Å². The lowest BCUT2D eigenvalue weighted by atomic mass is 10.4. The van der Waals surface area contributed by atoms with Gasteiger partial charge in [0.15, 0.2) is 11.0 Å². The van der Waals surface area contributed by atoms with Gasteiger partial charge in [0.1, 0.15) is 5.02 Å². The number of nitrogens with zero attached hydrogens (tertiary/aromatic N) is 1. The van der Waals surface area contributed by atoms with Crippen molar-refractivity contribution < 1.29 is 4.39 Å². The molecular weight excluding hydrogens is 211 g/mol. The van der Waals surface area contributed by atoms with Crippen LogP contribution < -0.4 is 0 Å². The zero-order valence-corrected chi connectivity index (χ0v) is 7.73. The van der Waals surface area contributed by atoms with Crippen molar-refractivity contribution in [1.29, 1.82) is 0 Å². The fraction of sp³-hybridized carbons (Fsp3) is 0.167. The summed E-state index contributed by atoms with van der Waals surface area (Å²) in [6.07, 6.45) is 0. The van der Waals surface area contributed by atoms with Gasteiger partial charge < -0.3 is 0 Å². The van der Waals surface area contributed by atoms with Crippen molar-refractivity contribution in [3.63, 3.8) is 0 Å². The van der Waals surface area contributed by atoms with Gasteiger partial charge in [-0.1, -0.05) is 34.8 Å². The summed E-state index contributed by atoms with van der Waals surface area (Å²) in [6.45, 7) is 1.55. The molecular formula is C6H3Cl3FN. The maximum Gasteiger partial charge on any atom is 0.165 e. The third kappa shape index (κ3) is 1.58. The van der Waals surface area contributed by atoms with E-state index in [1.165, 1.54) is 0 Å². The van der Waals surface area contributed by atoms with Gasteiger partial charge >= 0.3 is 0 Å². The average molecular weight is 214 g/mol. The first-order chi connectivity index (χ1) is 5.04. The zero-order valence-electron chi connectivity index (χ0n) is 5.46. The number of hydrogen-bond donors (Lipinski definition) is 0. The second-order valence-corrected chi connectivity index (χ2v) is 3.04. The van der Waals surface area contributed by atoms with E-state index in [1.54, 1.807) is 6.92 Å².